The largest absolute Gasteiger partial charge is 0.457 e. The zero-order valence-corrected chi connectivity index (χ0v) is 22.1. The first kappa shape index (κ1) is 24.4. The van der Waals surface area contributed by atoms with Gasteiger partial charge in [0.25, 0.3) is 0 Å². The van der Waals surface area contributed by atoms with Crippen LogP contribution in [0.2, 0.25) is 0 Å². The molecule has 3 heteroatoms. The predicted molar refractivity (Wildman–Crippen MR) is 140 cm³/mol. The van der Waals surface area contributed by atoms with Gasteiger partial charge in [-0.1, -0.05) is 71.9 Å². The summed E-state index contributed by atoms with van der Waals surface area (Å²) in [6, 6.07) is 12.4. The van der Waals surface area contributed by atoms with Gasteiger partial charge in [0.1, 0.15) is 6.61 Å². The van der Waals surface area contributed by atoms with E-state index in [1.165, 1.54) is 16.7 Å². The summed E-state index contributed by atoms with van der Waals surface area (Å²) < 4.78 is 6.03. The highest BCUT2D eigenvalue weighted by Gasteiger charge is 2.33. The van der Waals surface area contributed by atoms with Crippen molar-refractivity contribution in [1.82, 2.24) is 4.98 Å². The van der Waals surface area contributed by atoms with Gasteiger partial charge < -0.3 is 4.74 Å². The molecule has 0 spiro atoms. The minimum Gasteiger partial charge on any atom is -0.457 e. The summed E-state index contributed by atoms with van der Waals surface area (Å²) in [5.41, 5.74) is 8.77. The average Bonchev–Trinajstić information content (AvgIpc) is 2.74. The third-order valence-electron chi connectivity index (χ3n) is 7.60. The number of aromatic nitrogens is 1. The number of nitrogens with zero attached hydrogens (tertiary/aromatic N) is 1. The summed E-state index contributed by atoms with van der Waals surface area (Å²) in [6.45, 7) is 18.1. The maximum absolute atomic E-state index is 13.7. The molecule has 180 valence electrons. The molecule has 0 N–H and O–H groups in total. The highest BCUT2D eigenvalue weighted by atomic mass is 16.5. The van der Waals surface area contributed by atoms with Crippen molar-refractivity contribution in [3.63, 3.8) is 0 Å². The lowest BCUT2D eigenvalue weighted by atomic mass is 9.70. The third kappa shape index (κ3) is 4.76. The Labute approximate surface area is 204 Å². The minimum absolute atomic E-state index is 0.0866. The highest BCUT2D eigenvalue weighted by Crippen LogP contribution is 2.39. The zero-order valence-electron chi connectivity index (χ0n) is 22.1. The van der Waals surface area contributed by atoms with Gasteiger partial charge >= 0.3 is 5.97 Å². The molecule has 1 aliphatic rings. The van der Waals surface area contributed by atoms with Crippen molar-refractivity contribution in [1.29, 1.82) is 0 Å². The monoisotopic (exact) mass is 457 g/mol. The summed E-state index contributed by atoms with van der Waals surface area (Å²) in [4.78, 5) is 18.6. The van der Waals surface area contributed by atoms with Crippen LogP contribution in [0.3, 0.4) is 0 Å². The van der Waals surface area contributed by atoms with Crippen LogP contribution in [0.5, 0.6) is 0 Å². The van der Waals surface area contributed by atoms with Gasteiger partial charge in [0.05, 0.1) is 11.1 Å². The van der Waals surface area contributed by atoms with Gasteiger partial charge in [-0.2, -0.15) is 0 Å². The normalized spacial score (nSPS) is 16.4. The van der Waals surface area contributed by atoms with E-state index in [2.05, 4.69) is 67.5 Å². The molecule has 0 amide bonds. The van der Waals surface area contributed by atoms with Crippen LogP contribution in [0.25, 0.3) is 10.9 Å². The number of rotatable bonds is 3. The van der Waals surface area contributed by atoms with Gasteiger partial charge in [-0.3, -0.25) is 4.98 Å². The third-order valence-corrected chi connectivity index (χ3v) is 7.60. The van der Waals surface area contributed by atoms with Crippen LogP contribution in [0.15, 0.2) is 36.4 Å². The quantitative estimate of drug-likeness (QED) is 0.379. The summed E-state index contributed by atoms with van der Waals surface area (Å²) in [5, 5.41) is 0.900. The van der Waals surface area contributed by atoms with Crippen LogP contribution in [0.1, 0.15) is 91.8 Å². The van der Waals surface area contributed by atoms with E-state index in [0.717, 1.165) is 52.5 Å². The van der Waals surface area contributed by atoms with Crippen molar-refractivity contribution in [2.24, 2.45) is 11.3 Å². The Hall–Kier alpha value is -2.68. The Morgan fingerprint density at radius 1 is 1.03 bits per heavy atom. The van der Waals surface area contributed by atoms with E-state index in [1.807, 2.05) is 24.3 Å². The number of esters is 1. The van der Waals surface area contributed by atoms with Gasteiger partial charge in [-0.05, 0) is 83.7 Å². The van der Waals surface area contributed by atoms with Crippen LogP contribution >= 0.6 is 0 Å². The molecule has 0 saturated heterocycles. The lowest BCUT2D eigenvalue weighted by Gasteiger charge is -2.35. The molecule has 2 aromatic carbocycles. The van der Waals surface area contributed by atoms with Crippen molar-refractivity contribution in [2.75, 3.05) is 0 Å². The fourth-order valence-corrected chi connectivity index (χ4v) is 5.22. The number of carbonyl (C=O) groups is 1. The smallest absolute Gasteiger partial charge is 0.339 e. The van der Waals surface area contributed by atoms with Crippen molar-refractivity contribution in [2.45, 2.75) is 86.7 Å². The fourth-order valence-electron chi connectivity index (χ4n) is 5.22. The van der Waals surface area contributed by atoms with E-state index < -0.39 is 0 Å². The van der Waals surface area contributed by atoms with Gasteiger partial charge in [0.2, 0.25) is 0 Å². The Morgan fingerprint density at radius 3 is 2.29 bits per heavy atom. The Morgan fingerprint density at radius 2 is 1.68 bits per heavy atom. The lowest BCUT2D eigenvalue weighted by molar-refractivity contribution is 0.0471. The van der Waals surface area contributed by atoms with Crippen molar-refractivity contribution in [3.05, 3.63) is 75.5 Å². The van der Waals surface area contributed by atoms with Crippen LogP contribution in [0, 0.1) is 25.2 Å². The second kappa shape index (κ2) is 8.83. The van der Waals surface area contributed by atoms with E-state index in [-0.39, 0.29) is 23.4 Å². The number of hydrogen-bond acceptors (Lipinski definition) is 3. The van der Waals surface area contributed by atoms with Crippen molar-refractivity contribution < 1.29 is 9.53 Å². The van der Waals surface area contributed by atoms with Gasteiger partial charge in [0.15, 0.2) is 0 Å². The molecule has 1 atom stereocenters. The highest BCUT2D eigenvalue weighted by molar-refractivity contribution is 6.05. The summed E-state index contributed by atoms with van der Waals surface area (Å²) in [7, 11) is 0. The number of aryl methyl sites for hydroxylation is 3. The first-order chi connectivity index (χ1) is 15.9. The SMILES string of the molecule is Cc1cc(C(C)(C)C)cc(C)c1COC(=O)c1c2c(nc3ccccc13)CCC(C(C)(C)C)C2. The van der Waals surface area contributed by atoms with Crippen molar-refractivity contribution >= 4 is 16.9 Å². The van der Waals surface area contributed by atoms with Gasteiger partial charge in [-0.15, -0.1) is 0 Å². The number of ether oxygens (including phenoxy) is 1. The second-order valence-corrected chi connectivity index (χ2v) is 12.1. The van der Waals surface area contributed by atoms with E-state index in [0.29, 0.717) is 5.92 Å². The van der Waals surface area contributed by atoms with E-state index in [9.17, 15) is 4.79 Å². The molecule has 0 saturated carbocycles. The molecular formula is C31H39NO2. The summed E-state index contributed by atoms with van der Waals surface area (Å²) in [5.74, 6) is 0.284. The molecule has 0 aliphatic heterocycles. The van der Waals surface area contributed by atoms with E-state index >= 15 is 0 Å². The molecule has 34 heavy (non-hydrogen) atoms. The number of hydrogen-bond donors (Lipinski definition) is 0. The molecule has 0 radical (unpaired) electrons. The van der Waals surface area contributed by atoms with Crippen molar-refractivity contribution in [3.8, 4) is 0 Å². The van der Waals surface area contributed by atoms with Crippen LogP contribution in [-0.2, 0) is 29.6 Å². The van der Waals surface area contributed by atoms with E-state index in [1.54, 1.807) is 0 Å². The van der Waals surface area contributed by atoms with Crippen LogP contribution in [-0.4, -0.2) is 11.0 Å². The molecule has 1 aromatic heterocycles. The Bertz CT molecular complexity index is 1220. The first-order valence-electron chi connectivity index (χ1n) is 12.5. The molecule has 3 nitrogen and oxygen atoms in total. The zero-order chi connectivity index (χ0) is 24.8. The molecule has 4 rings (SSSR count). The number of benzene rings is 2. The molecular weight excluding hydrogens is 418 g/mol. The standard InChI is InChI=1S/C31H39NO2/c1-19-15-22(31(6,7)8)16-20(2)25(19)18-34-29(33)28-23-11-9-10-12-26(23)32-27-14-13-21(17-24(27)28)30(3,4)5/h9-12,15-16,21H,13-14,17-18H2,1-8H3. The van der Waals surface area contributed by atoms with Crippen LogP contribution in [0.4, 0.5) is 0 Å². The molecule has 1 heterocycles. The second-order valence-electron chi connectivity index (χ2n) is 12.1. The predicted octanol–water partition coefficient (Wildman–Crippen LogP) is 7.66. The topological polar surface area (TPSA) is 39.2 Å². The summed E-state index contributed by atoms with van der Waals surface area (Å²) >= 11 is 0. The van der Waals surface area contributed by atoms with Gasteiger partial charge in [0, 0.05) is 11.1 Å². The molecule has 0 fully saturated rings. The average molecular weight is 458 g/mol. The number of pyridine rings is 1. The Kier molecular flexibility index (Phi) is 6.35. The number of carbonyl (C=O) groups excluding carboxylic acids is 1. The van der Waals surface area contributed by atoms with Crippen LogP contribution < -0.4 is 0 Å². The maximum Gasteiger partial charge on any atom is 0.339 e. The number of para-hydroxylation sites is 1. The number of fused-ring (bicyclic) bond motifs is 2. The first-order valence-corrected chi connectivity index (χ1v) is 12.5. The Balaban J connectivity index is 1.70. The summed E-state index contributed by atoms with van der Waals surface area (Å²) in [6.07, 6.45) is 2.89. The molecule has 1 unspecified atom stereocenters. The van der Waals surface area contributed by atoms with E-state index in [4.69, 9.17) is 9.72 Å². The lowest BCUT2D eigenvalue weighted by Crippen LogP contribution is -2.29. The molecule has 1 aliphatic carbocycles. The fraction of sp³-hybridized carbons (Fsp3) is 0.484. The molecule has 0 bridgehead atoms. The maximum atomic E-state index is 13.7. The van der Waals surface area contributed by atoms with Gasteiger partial charge in [-0.25, -0.2) is 4.79 Å². The molecule has 3 aromatic rings. The minimum atomic E-state index is -0.233.